The zero-order chi connectivity index (χ0) is 17.2. The van der Waals surface area contributed by atoms with Gasteiger partial charge in [0.2, 0.25) is 0 Å². The van der Waals surface area contributed by atoms with Crippen LogP contribution in [-0.2, 0) is 19.5 Å². The Morgan fingerprint density at radius 3 is 2.80 bits per heavy atom. The first-order valence-electron chi connectivity index (χ1n) is 8.25. The molecular weight excluding hydrogens is 427 g/mol. The normalized spacial score (nSPS) is 10.9. The van der Waals surface area contributed by atoms with Gasteiger partial charge in [0.15, 0.2) is 5.96 Å². The van der Waals surface area contributed by atoms with Crippen LogP contribution in [0.25, 0.3) is 0 Å². The first-order valence-corrected chi connectivity index (χ1v) is 8.25. The minimum atomic E-state index is 0. The predicted octanol–water partition coefficient (Wildman–Crippen LogP) is 2.72. The molecule has 0 saturated heterocycles. The van der Waals surface area contributed by atoms with E-state index >= 15 is 0 Å². The van der Waals surface area contributed by atoms with Gasteiger partial charge in [-0.15, -0.1) is 40.8 Å². The van der Waals surface area contributed by atoms with Crippen molar-refractivity contribution in [3.63, 3.8) is 0 Å². The number of benzene rings is 1. The van der Waals surface area contributed by atoms with Crippen LogP contribution < -0.4 is 5.32 Å². The summed E-state index contributed by atoms with van der Waals surface area (Å²) in [6, 6.07) is 10.4. The van der Waals surface area contributed by atoms with Crippen molar-refractivity contribution in [1.29, 1.82) is 0 Å². The van der Waals surface area contributed by atoms with E-state index in [1.165, 1.54) is 5.56 Å². The van der Waals surface area contributed by atoms with Crippen LogP contribution in [0.1, 0.15) is 18.3 Å². The number of aryl methyl sites for hydroxylation is 1. The van der Waals surface area contributed by atoms with E-state index in [1.54, 1.807) is 6.33 Å². The zero-order valence-corrected chi connectivity index (χ0v) is 17.3. The summed E-state index contributed by atoms with van der Waals surface area (Å²) in [7, 11) is 2.04. The number of rotatable bonds is 8. The lowest BCUT2D eigenvalue weighted by atomic mass is 10.2. The molecule has 0 aliphatic heterocycles. The van der Waals surface area contributed by atoms with Crippen molar-refractivity contribution >= 4 is 29.9 Å². The lowest BCUT2D eigenvalue weighted by Crippen LogP contribution is -2.38. The summed E-state index contributed by atoms with van der Waals surface area (Å²) in [5.41, 5.74) is 1.25. The Labute approximate surface area is 167 Å². The third kappa shape index (κ3) is 6.85. The molecule has 0 aliphatic carbocycles. The fourth-order valence-corrected chi connectivity index (χ4v) is 2.41. The van der Waals surface area contributed by atoms with Gasteiger partial charge >= 0.3 is 0 Å². The van der Waals surface area contributed by atoms with Crippen LogP contribution in [0.4, 0.5) is 0 Å². The molecule has 2 aromatic rings. The average molecular weight is 454 g/mol. The number of halogens is 1. The highest BCUT2D eigenvalue weighted by Gasteiger charge is 2.07. The number of hydrogen-bond donors (Lipinski definition) is 1. The van der Waals surface area contributed by atoms with E-state index in [2.05, 4.69) is 58.2 Å². The maximum absolute atomic E-state index is 4.71. The SMILES string of the molecule is C=CCNC(=NCCn1cnnc1CC)N(C)Cc1ccccc1.I. The van der Waals surface area contributed by atoms with Gasteiger partial charge in [-0.3, -0.25) is 4.99 Å². The fourth-order valence-electron chi connectivity index (χ4n) is 2.41. The van der Waals surface area contributed by atoms with Crippen LogP contribution >= 0.6 is 24.0 Å². The molecule has 0 fully saturated rings. The van der Waals surface area contributed by atoms with E-state index in [1.807, 2.05) is 23.8 Å². The second-order valence-electron chi connectivity index (χ2n) is 5.51. The Kier molecular flexibility index (Phi) is 9.83. The van der Waals surface area contributed by atoms with Crippen molar-refractivity contribution in [3.05, 3.63) is 60.7 Å². The summed E-state index contributed by atoms with van der Waals surface area (Å²) in [5, 5.41) is 11.4. The Hall–Kier alpha value is -1.90. The van der Waals surface area contributed by atoms with E-state index in [9.17, 15) is 0 Å². The molecule has 0 aliphatic rings. The van der Waals surface area contributed by atoms with Crippen molar-refractivity contribution < 1.29 is 0 Å². The first-order chi connectivity index (χ1) is 11.7. The number of hydrogen-bond acceptors (Lipinski definition) is 3. The second-order valence-corrected chi connectivity index (χ2v) is 5.51. The van der Waals surface area contributed by atoms with Crippen molar-refractivity contribution in [1.82, 2.24) is 25.0 Å². The molecular formula is C18H27IN6. The maximum Gasteiger partial charge on any atom is 0.194 e. The number of aliphatic imine (C=N–C) groups is 1. The molecule has 6 nitrogen and oxygen atoms in total. The second kappa shape index (κ2) is 11.6. The van der Waals surface area contributed by atoms with Crippen molar-refractivity contribution in [2.45, 2.75) is 26.4 Å². The molecule has 25 heavy (non-hydrogen) atoms. The Bertz CT molecular complexity index is 653. The molecule has 7 heteroatoms. The number of aromatic nitrogens is 3. The first kappa shape index (κ1) is 21.1. The van der Waals surface area contributed by atoms with Gasteiger partial charge in [0.25, 0.3) is 0 Å². The largest absolute Gasteiger partial charge is 0.353 e. The van der Waals surface area contributed by atoms with Crippen LogP contribution in [0.3, 0.4) is 0 Å². The van der Waals surface area contributed by atoms with Crippen molar-refractivity contribution in [2.24, 2.45) is 4.99 Å². The summed E-state index contributed by atoms with van der Waals surface area (Å²) in [6.45, 7) is 8.77. The zero-order valence-electron chi connectivity index (χ0n) is 14.9. The van der Waals surface area contributed by atoms with Gasteiger partial charge in [0.1, 0.15) is 12.2 Å². The van der Waals surface area contributed by atoms with Gasteiger partial charge in [-0.25, -0.2) is 0 Å². The molecule has 0 amide bonds. The van der Waals surface area contributed by atoms with Crippen molar-refractivity contribution in [2.75, 3.05) is 20.1 Å². The van der Waals surface area contributed by atoms with E-state index in [0.717, 1.165) is 31.3 Å². The smallest absolute Gasteiger partial charge is 0.194 e. The highest BCUT2D eigenvalue weighted by atomic mass is 127. The molecule has 1 aromatic carbocycles. The molecule has 2 rings (SSSR count). The third-order valence-electron chi connectivity index (χ3n) is 3.64. The molecule has 0 spiro atoms. The van der Waals surface area contributed by atoms with Crippen LogP contribution in [0, 0.1) is 0 Å². The van der Waals surface area contributed by atoms with E-state index in [0.29, 0.717) is 13.1 Å². The highest BCUT2D eigenvalue weighted by molar-refractivity contribution is 14.0. The molecule has 0 radical (unpaired) electrons. The van der Waals surface area contributed by atoms with Crippen LogP contribution in [0.2, 0.25) is 0 Å². The molecule has 0 bridgehead atoms. The Morgan fingerprint density at radius 1 is 1.36 bits per heavy atom. The molecule has 0 unspecified atom stereocenters. The topological polar surface area (TPSA) is 58.3 Å². The van der Waals surface area contributed by atoms with E-state index in [-0.39, 0.29) is 24.0 Å². The van der Waals surface area contributed by atoms with Gasteiger partial charge in [-0.2, -0.15) is 0 Å². The average Bonchev–Trinajstić information content (AvgIpc) is 3.06. The van der Waals surface area contributed by atoms with Crippen LogP contribution in [-0.4, -0.2) is 45.8 Å². The summed E-state index contributed by atoms with van der Waals surface area (Å²) >= 11 is 0. The fraction of sp³-hybridized carbons (Fsp3) is 0.389. The number of nitrogens with zero attached hydrogens (tertiary/aromatic N) is 5. The summed E-state index contributed by atoms with van der Waals surface area (Å²) < 4.78 is 2.05. The van der Waals surface area contributed by atoms with Crippen LogP contribution in [0.5, 0.6) is 0 Å². The number of nitrogens with one attached hydrogen (secondary N) is 1. The standard InChI is InChI=1S/C18H26N6.HI/c1-4-11-19-18(23(3)14-16-9-7-6-8-10-16)20-12-13-24-15-21-22-17(24)5-2;/h4,6-10,15H,1,5,11-14H2,2-3H3,(H,19,20);1H. The Morgan fingerprint density at radius 2 is 2.12 bits per heavy atom. The van der Waals surface area contributed by atoms with Crippen LogP contribution in [0.15, 0.2) is 54.3 Å². The predicted molar refractivity (Wildman–Crippen MR) is 113 cm³/mol. The van der Waals surface area contributed by atoms with Gasteiger partial charge in [0, 0.05) is 33.1 Å². The molecule has 1 heterocycles. The maximum atomic E-state index is 4.71. The summed E-state index contributed by atoms with van der Waals surface area (Å²) in [5.74, 6) is 1.85. The highest BCUT2D eigenvalue weighted by Crippen LogP contribution is 2.03. The molecule has 1 aromatic heterocycles. The number of guanidine groups is 1. The van der Waals surface area contributed by atoms with Gasteiger partial charge in [-0.1, -0.05) is 43.3 Å². The van der Waals surface area contributed by atoms with Gasteiger partial charge < -0.3 is 14.8 Å². The third-order valence-corrected chi connectivity index (χ3v) is 3.64. The summed E-state index contributed by atoms with van der Waals surface area (Å²) in [6.07, 6.45) is 4.47. The van der Waals surface area contributed by atoms with Gasteiger partial charge in [0.05, 0.1) is 6.54 Å². The summed E-state index contributed by atoms with van der Waals surface area (Å²) in [4.78, 5) is 6.83. The lowest BCUT2D eigenvalue weighted by molar-refractivity contribution is 0.477. The quantitative estimate of drug-likeness (QED) is 0.289. The molecule has 1 N–H and O–H groups in total. The van der Waals surface area contributed by atoms with Crippen molar-refractivity contribution in [3.8, 4) is 0 Å². The molecule has 0 saturated carbocycles. The lowest BCUT2D eigenvalue weighted by Gasteiger charge is -2.22. The minimum absolute atomic E-state index is 0. The van der Waals surface area contributed by atoms with E-state index < -0.39 is 0 Å². The molecule has 136 valence electrons. The minimum Gasteiger partial charge on any atom is -0.353 e. The van der Waals surface area contributed by atoms with Gasteiger partial charge in [-0.05, 0) is 5.56 Å². The monoisotopic (exact) mass is 454 g/mol. The Balaban J connectivity index is 0.00000312. The van der Waals surface area contributed by atoms with E-state index in [4.69, 9.17) is 4.99 Å². The molecule has 0 atom stereocenters.